The summed E-state index contributed by atoms with van der Waals surface area (Å²) in [5.41, 5.74) is 6.83. The number of fused-ring (bicyclic) bond motifs is 1. The lowest BCUT2D eigenvalue weighted by Crippen LogP contribution is -2.52. The smallest absolute Gasteiger partial charge is 0.322 e. The molecule has 7 nitrogen and oxygen atoms in total. The number of carbonyl (C=O) groups is 3. The number of hydrogen-bond acceptors (Lipinski definition) is 5. The van der Waals surface area contributed by atoms with Crippen molar-refractivity contribution in [1.29, 1.82) is 0 Å². The number of nitrogens with two attached hydrogens (primary N) is 1. The fraction of sp³-hybridized carbons (Fsp3) is 0.471. The lowest BCUT2D eigenvalue weighted by atomic mass is 10.0. The molecular formula is C17H19F3N4O3. The molecule has 0 spiro atoms. The zero-order valence-corrected chi connectivity index (χ0v) is 14.3. The van der Waals surface area contributed by atoms with Gasteiger partial charge in [0.15, 0.2) is 0 Å². The van der Waals surface area contributed by atoms with Crippen molar-refractivity contribution >= 4 is 17.7 Å². The van der Waals surface area contributed by atoms with Crippen molar-refractivity contribution in [3.8, 4) is 0 Å². The van der Waals surface area contributed by atoms with E-state index in [9.17, 15) is 27.6 Å². The molecule has 0 bridgehead atoms. The maximum absolute atomic E-state index is 12.7. The van der Waals surface area contributed by atoms with Gasteiger partial charge in [-0.2, -0.15) is 13.2 Å². The van der Waals surface area contributed by atoms with Gasteiger partial charge in [0.2, 0.25) is 11.8 Å². The molecule has 2 heterocycles. The Bertz CT molecular complexity index is 781. The van der Waals surface area contributed by atoms with E-state index in [0.29, 0.717) is 11.1 Å². The summed E-state index contributed by atoms with van der Waals surface area (Å²) < 4.78 is 37.2. The minimum absolute atomic E-state index is 0.128. The van der Waals surface area contributed by atoms with Crippen LogP contribution in [0.1, 0.15) is 34.3 Å². The van der Waals surface area contributed by atoms with Crippen LogP contribution in [0.3, 0.4) is 0 Å². The molecule has 2 unspecified atom stereocenters. The molecule has 4 N–H and O–H groups in total. The highest BCUT2D eigenvalue weighted by Gasteiger charge is 2.39. The number of halogens is 3. The summed E-state index contributed by atoms with van der Waals surface area (Å²) in [6, 6.07) is 2.38. The highest BCUT2D eigenvalue weighted by Crippen LogP contribution is 2.28. The molecule has 3 rings (SSSR count). The van der Waals surface area contributed by atoms with Crippen LogP contribution in [-0.2, 0) is 22.7 Å². The van der Waals surface area contributed by atoms with Gasteiger partial charge < -0.3 is 16.0 Å². The Morgan fingerprint density at radius 1 is 1.30 bits per heavy atom. The topological polar surface area (TPSA) is 105 Å². The fourth-order valence-corrected chi connectivity index (χ4v) is 3.20. The highest BCUT2D eigenvalue weighted by molar-refractivity contribution is 6.05. The molecule has 1 saturated heterocycles. The van der Waals surface area contributed by atoms with Crippen LogP contribution < -0.4 is 16.4 Å². The normalized spacial score (nSPS) is 21.3. The number of amides is 3. The van der Waals surface area contributed by atoms with Crippen LogP contribution in [0.4, 0.5) is 13.2 Å². The van der Waals surface area contributed by atoms with Gasteiger partial charge in [-0.05, 0) is 23.6 Å². The summed E-state index contributed by atoms with van der Waals surface area (Å²) in [6.07, 6.45) is -4.03. The molecule has 3 amide bonds. The zero-order chi connectivity index (χ0) is 19.8. The van der Waals surface area contributed by atoms with Gasteiger partial charge in [-0.1, -0.05) is 12.1 Å². The predicted octanol–water partition coefficient (Wildman–Crippen LogP) is 0.427. The third-order valence-corrected chi connectivity index (χ3v) is 4.71. The van der Waals surface area contributed by atoms with Gasteiger partial charge >= 0.3 is 6.18 Å². The SMILES string of the molecule is NC(CNCc1ccc2c(c1)C(=O)N(C1CCC(=O)NC1=O)C2)C(F)(F)F. The summed E-state index contributed by atoms with van der Waals surface area (Å²) in [4.78, 5) is 37.3. The molecule has 1 aromatic carbocycles. The lowest BCUT2D eigenvalue weighted by molar-refractivity contribution is -0.146. The van der Waals surface area contributed by atoms with E-state index in [1.54, 1.807) is 18.2 Å². The van der Waals surface area contributed by atoms with Crippen LogP contribution in [-0.4, -0.2) is 47.4 Å². The highest BCUT2D eigenvalue weighted by atomic mass is 19.4. The number of alkyl halides is 3. The number of nitrogens with zero attached hydrogens (tertiary/aromatic N) is 1. The second-order valence-corrected chi connectivity index (χ2v) is 6.67. The van der Waals surface area contributed by atoms with Crippen LogP contribution in [0.25, 0.3) is 0 Å². The van der Waals surface area contributed by atoms with E-state index in [-0.39, 0.29) is 37.7 Å². The van der Waals surface area contributed by atoms with E-state index in [2.05, 4.69) is 10.6 Å². The molecule has 1 aromatic rings. The Kier molecular flexibility index (Phi) is 5.20. The summed E-state index contributed by atoms with van der Waals surface area (Å²) in [7, 11) is 0. The average molecular weight is 384 g/mol. The van der Waals surface area contributed by atoms with Crippen LogP contribution >= 0.6 is 0 Å². The Morgan fingerprint density at radius 2 is 2.04 bits per heavy atom. The second-order valence-electron chi connectivity index (χ2n) is 6.67. The van der Waals surface area contributed by atoms with Gasteiger partial charge in [0.05, 0.1) is 0 Å². The van der Waals surface area contributed by atoms with Crippen LogP contribution in [0.5, 0.6) is 0 Å². The lowest BCUT2D eigenvalue weighted by Gasteiger charge is -2.29. The van der Waals surface area contributed by atoms with Gasteiger partial charge in [-0.15, -0.1) is 0 Å². The first kappa shape index (κ1) is 19.3. The predicted molar refractivity (Wildman–Crippen MR) is 88.2 cm³/mol. The number of imide groups is 1. The Morgan fingerprint density at radius 3 is 2.70 bits per heavy atom. The molecule has 146 valence electrons. The molecule has 2 atom stereocenters. The molecule has 0 saturated carbocycles. The van der Waals surface area contributed by atoms with Gasteiger partial charge in [-0.3, -0.25) is 19.7 Å². The molecule has 0 aliphatic carbocycles. The first-order chi connectivity index (χ1) is 12.7. The van der Waals surface area contributed by atoms with E-state index in [1.165, 1.54) is 4.90 Å². The molecule has 2 aliphatic rings. The van der Waals surface area contributed by atoms with Crippen molar-refractivity contribution in [2.45, 2.75) is 44.2 Å². The largest absolute Gasteiger partial charge is 0.404 e. The molecule has 10 heteroatoms. The van der Waals surface area contributed by atoms with E-state index in [1.807, 2.05) is 0 Å². The molecule has 0 aromatic heterocycles. The standard InChI is InChI=1S/C17H19F3N4O3/c18-17(19,20)13(21)7-22-6-9-1-2-10-8-24(16(27)11(10)5-9)12-3-4-14(25)23-15(12)26/h1-2,5,12-13,22H,3-4,6-8,21H2,(H,23,25,26). The van der Waals surface area contributed by atoms with Crippen molar-refractivity contribution in [1.82, 2.24) is 15.5 Å². The Balaban J connectivity index is 1.64. The number of carbonyl (C=O) groups excluding carboxylic acids is 3. The van der Waals surface area contributed by atoms with Crippen molar-refractivity contribution in [3.63, 3.8) is 0 Å². The third kappa shape index (κ3) is 4.11. The minimum atomic E-state index is -4.47. The van der Waals surface area contributed by atoms with Crippen LogP contribution in [0, 0.1) is 0 Å². The second kappa shape index (κ2) is 7.28. The number of benzene rings is 1. The van der Waals surface area contributed by atoms with Crippen LogP contribution in [0.15, 0.2) is 18.2 Å². The maximum Gasteiger partial charge on any atom is 0.404 e. The average Bonchev–Trinajstić information content (AvgIpc) is 2.90. The van der Waals surface area contributed by atoms with Gasteiger partial charge in [-0.25, -0.2) is 0 Å². The fourth-order valence-electron chi connectivity index (χ4n) is 3.20. The maximum atomic E-state index is 12.7. The van der Waals surface area contributed by atoms with Crippen molar-refractivity contribution in [2.75, 3.05) is 6.54 Å². The third-order valence-electron chi connectivity index (χ3n) is 4.71. The van der Waals surface area contributed by atoms with Crippen molar-refractivity contribution < 1.29 is 27.6 Å². The zero-order valence-electron chi connectivity index (χ0n) is 14.3. The Hall–Kier alpha value is -2.46. The number of hydrogen-bond donors (Lipinski definition) is 3. The van der Waals surface area contributed by atoms with Gasteiger partial charge in [0, 0.05) is 31.6 Å². The van der Waals surface area contributed by atoms with E-state index < -0.39 is 30.7 Å². The van der Waals surface area contributed by atoms with Gasteiger partial charge in [0.1, 0.15) is 12.1 Å². The number of nitrogens with one attached hydrogen (secondary N) is 2. The van der Waals surface area contributed by atoms with E-state index in [4.69, 9.17) is 5.73 Å². The first-order valence-corrected chi connectivity index (χ1v) is 8.46. The molecular weight excluding hydrogens is 365 g/mol. The molecule has 27 heavy (non-hydrogen) atoms. The molecule has 1 fully saturated rings. The molecule has 2 aliphatic heterocycles. The van der Waals surface area contributed by atoms with E-state index in [0.717, 1.165) is 5.56 Å². The molecule has 0 radical (unpaired) electrons. The summed E-state index contributed by atoms with van der Waals surface area (Å²) >= 11 is 0. The van der Waals surface area contributed by atoms with Gasteiger partial charge in [0.25, 0.3) is 5.91 Å². The summed E-state index contributed by atoms with van der Waals surface area (Å²) in [5.74, 6) is -1.17. The van der Waals surface area contributed by atoms with E-state index >= 15 is 0 Å². The monoisotopic (exact) mass is 384 g/mol. The summed E-state index contributed by atoms with van der Waals surface area (Å²) in [5, 5.41) is 4.86. The van der Waals surface area contributed by atoms with Crippen LogP contribution in [0.2, 0.25) is 0 Å². The first-order valence-electron chi connectivity index (χ1n) is 8.46. The van der Waals surface area contributed by atoms with Crippen molar-refractivity contribution in [2.24, 2.45) is 5.73 Å². The summed E-state index contributed by atoms with van der Waals surface area (Å²) in [6.45, 7) is -0.0488. The Labute approximate surface area is 153 Å². The number of rotatable bonds is 5. The quantitative estimate of drug-likeness (QED) is 0.639. The minimum Gasteiger partial charge on any atom is -0.322 e. The number of piperidine rings is 1. The van der Waals surface area contributed by atoms with Crippen molar-refractivity contribution in [3.05, 3.63) is 34.9 Å².